The van der Waals surface area contributed by atoms with Gasteiger partial charge in [-0.3, -0.25) is 9.48 Å². The van der Waals surface area contributed by atoms with Gasteiger partial charge >= 0.3 is 0 Å². The fraction of sp³-hybridized carbons (Fsp3) is 0.125. The molecule has 31 heavy (non-hydrogen) atoms. The van der Waals surface area contributed by atoms with Crippen molar-refractivity contribution in [2.45, 2.75) is 13.5 Å². The molecule has 7 heteroatoms. The van der Waals surface area contributed by atoms with Gasteiger partial charge < -0.3 is 9.15 Å². The van der Waals surface area contributed by atoms with Crippen LogP contribution in [0.3, 0.4) is 0 Å². The SMILES string of the molecule is COc1ccccc1-c1nn(Cc2ccccc2)cc1/C=N\NC(=O)c1ccoc1C. The number of nitrogens with one attached hydrogen (secondary N) is 1. The second-order valence-corrected chi connectivity index (χ2v) is 6.91. The van der Waals surface area contributed by atoms with E-state index in [4.69, 9.17) is 14.3 Å². The van der Waals surface area contributed by atoms with Crippen LogP contribution in [0.5, 0.6) is 5.75 Å². The van der Waals surface area contributed by atoms with Gasteiger partial charge in [-0.2, -0.15) is 10.2 Å². The van der Waals surface area contributed by atoms with Crippen molar-refractivity contribution in [3.63, 3.8) is 0 Å². The number of hydrogen-bond donors (Lipinski definition) is 1. The Morgan fingerprint density at radius 2 is 1.94 bits per heavy atom. The van der Waals surface area contributed by atoms with Crippen molar-refractivity contribution in [1.82, 2.24) is 15.2 Å². The minimum atomic E-state index is -0.335. The molecule has 0 saturated carbocycles. The molecule has 0 radical (unpaired) electrons. The van der Waals surface area contributed by atoms with Gasteiger partial charge in [0, 0.05) is 17.3 Å². The number of furan rings is 1. The van der Waals surface area contributed by atoms with Crippen LogP contribution in [0, 0.1) is 6.92 Å². The van der Waals surface area contributed by atoms with Crippen molar-refractivity contribution in [2.75, 3.05) is 7.11 Å². The molecule has 2 aromatic carbocycles. The van der Waals surface area contributed by atoms with Crippen LogP contribution in [0.25, 0.3) is 11.3 Å². The second-order valence-electron chi connectivity index (χ2n) is 6.91. The number of amides is 1. The fourth-order valence-electron chi connectivity index (χ4n) is 3.27. The Hall–Kier alpha value is -4.13. The number of para-hydroxylation sites is 1. The summed E-state index contributed by atoms with van der Waals surface area (Å²) in [4.78, 5) is 12.3. The molecular formula is C24H22N4O3. The molecule has 2 heterocycles. The standard InChI is InChI=1S/C24H22N4O3/c1-17-20(12-13-31-17)24(29)26-25-14-19-16-28(15-18-8-4-3-5-9-18)27-23(19)21-10-6-7-11-22(21)30-2/h3-14,16H,15H2,1-2H3,(H,26,29)/b25-14-. The number of rotatable bonds is 7. The zero-order valence-corrected chi connectivity index (χ0v) is 17.3. The average Bonchev–Trinajstić information content (AvgIpc) is 3.40. The maximum atomic E-state index is 12.3. The number of benzene rings is 2. The lowest BCUT2D eigenvalue weighted by Gasteiger charge is -2.06. The third-order valence-corrected chi connectivity index (χ3v) is 4.81. The van der Waals surface area contributed by atoms with Gasteiger partial charge in [0.25, 0.3) is 5.91 Å². The van der Waals surface area contributed by atoms with E-state index in [9.17, 15) is 4.79 Å². The first-order valence-corrected chi connectivity index (χ1v) is 9.78. The van der Waals surface area contributed by atoms with Gasteiger partial charge in [0.15, 0.2) is 0 Å². The highest BCUT2D eigenvalue weighted by Gasteiger charge is 2.15. The van der Waals surface area contributed by atoms with Crippen molar-refractivity contribution < 1.29 is 13.9 Å². The van der Waals surface area contributed by atoms with E-state index in [0.29, 0.717) is 29.3 Å². The van der Waals surface area contributed by atoms with Crippen LogP contribution in [-0.2, 0) is 6.54 Å². The molecule has 0 aliphatic rings. The van der Waals surface area contributed by atoms with Crippen LogP contribution in [0.2, 0.25) is 0 Å². The smallest absolute Gasteiger partial charge is 0.274 e. The number of carbonyl (C=O) groups excluding carboxylic acids is 1. The number of aromatic nitrogens is 2. The van der Waals surface area contributed by atoms with Crippen molar-refractivity contribution in [3.05, 3.63) is 95.6 Å². The summed E-state index contributed by atoms with van der Waals surface area (Å²) in [6.45, 7) is 2.34. The molecule has 4 aromatic rings. The molecule has 0 spiro atoms. The molecule has 0 unspecified atom stereocenters. The predicted octanol–water partition coefficient (Wildman–Crippen LogP) is 4.27. The predicted molar refractivity (Wildman–Crippen MR) is 118 cm³/mol. The summed E-state index contributed by atoms with van der Waals surface area (Å²) in [7, 11) is 1.63. The lowest BCUT2D eigenvalue weighted by atomic mass is 10.1. The summed E-state index contributed by atoms with van der Waals surface area (Å²) in [5.41, 5.74) is 6.43. The summed E-state index contributed by atoms with van der Waals surface area (Å²) in [6, 6.07) is 19.3. The van der Waals surface area contributed by atoms with Crippen molar-refractivity contribution in [3.8, 4) is 17.0 Å². The van der Waals surface area contributed by atoms with Crippen LogP contribution in [0.15, 0.2) is 82.6 Å². The largest absolute Gasteiger partial charge is 0.496 e. The molecule has 0 bridgehead atoms. The lowest BCUT2D eigenvalue weighted by Crippen LogP contribution is -2.17. The molecule has 4 rings (SSSR count). The maximum Gasteiger partial charge on any atom is 0.274 e. The van der Waals surface area contributed by atoms with E-state index in [2.05, 4.69) is 10.5 Å². The first kappa shape index (κ1) is 20.2. The van der Waals surface area contributed by atoms with E-state index >= 15 is 0 Å². The quantitative estimate of drug-likeness (QED) is 0.362. The van der Waals surface area contributed by atoms with Crippen molar-refractivity contribution >= 4 is 12.1 Å². The topological polar surface area (TPSA) is 81.6 Å². The van der Waals surface area contributed by atoms with Gasteiger partial charge in [-0.25, -0.2) is 5.43 Å². The summed E-state index contributed by atoms with van der Waals surface area (Å²) < 4.78 is 12.5. The molecular weight excluding hydrogens is 392 g/mol. The fourth-order valence-corrected chi connectivity index (χ4v) is 3.27. The molecule has 156 valence electrons. The summed E-state index contributed by atoms with van der Waals surface area (Å²) >= 11 is 0. The van der Waals surface area contributed by atoms with Gasteiger partial charge in [0.05, 0.1) is 31.7 Å². The Morgan fingerprint density at radius 3 is 2.68 bits per heavy atom. The molecule has 0 atom stereocenters. The zero-order chi connectivity index (χ0) is 21.6. The highest BCUT2D eigenvalue weighted by molar-refractivity contribution is 5.96. The average molecular weight is 414 g/mol. The highest BCUT2D eigenvalue weighted by Crippen LogP contribution is 2.30. The minimum absolute atomic E-state index is 0.335. The number of hydrazone groups is 1. The number of ether oxygens (including phenoxy) is 1. The van der Waals surface area contributed by atoms with Crippen LogP contribution in [0.4, 0.5) is 0 Å². The van der Waals surface area contributed by atoms with Crippen LogP contribution in [0.1, 0.15) is 27.2 Å². The van der Waals surface area contributed by atoms with E-state index < -0.39 is 0 Å². The van der Waals surface area contributed by atoms with Crippen LogP contribution >= 0.6 is 0 Å². The number of nitrogens with zero attached hydrogens (tertiary/aromatic N) is 3. The molecule has 0 aliphatic carbocycles. The molecule has 1 N–H and O–H groups in total. The third-order valence-electron chi connectivity index (χ3n) is 4.81. The monoisotopic (exact) mass is 414 g/mol. The number of aryl methyl sites for hydroxylation is 1. The van der Waals surface area contributed by atoms with E-state index in [0.717, 1.165) is 16.7 Å². The van der Waals surface area contributed by atoms with E-state index in [-0.39, 0.29) is 5.91 Å². The van der Waals surface area contributed by atoms with Gasteiger partial charge in [-0.15, -0.1) is 0 Å². The molecule has 0 fully saturated rings. The second kappa shape index (κ2) is 9.13. The van der Waals surface area contributed by atoms with Crippen molar-refractivity contribution in [2.24, 2.45) is 5.10 Å². The van der Waals surface area contributed by atoms with E-state index in [1.807, 2.05) is 65.5 Å². The summed E-state index contributed by atoms with van der Waals surface area (Å²) in [5, 5.41) is 8.90. The number of methoxy groups -OCH3 is 1. The third kappa shape index (κ3) is 4.56. The normalized spacial score (nSPS) is 11.0. The molecule has 0 aliphatic heterocycles. The van der Waals surface area contributed by atoms with Gasteiger partial charge in [-0.05, 0) is 30.7 Å². The van der Waals surface area contributed by atoms with Gasteiger partial charge in [0.1, 0.15) is 17.2 Å². The number of hydrogen-bond acceptors (Lipinski definition) is 5. The Bertz CT molecular complexity index is 1210. The minimum Gasteiger partial charge on any atom is -0.496 e. The van der Waals surface area contributed by atoms with Gasteiger partial charge in [0.2, 0.25) is 0 Å². The van der Waals surface area contributed by atoms with Crippen LogP contribution in [-0.4, -0.2) is 29.0 Å². The zero-order valence-electron chi connectivity index (χ0n) is 17.3. The Labute approximate surface area is 180 Å². The van der Waals surface area contributed by atoms with Gasteiger partial charge in [-0.1, -0.05) is 42.5 Å². The molecule has 1 amide bonds. The lowest BCUT2D eigenvalue weighted by molar-refractivity contribution is 0.0953. The van der Waals surface area contributed by atoms with E-state index in [1.165, 1.54) is 6.26 Å². The van der Waals surface area contributed by atoms with Crippen molar-refractivity contribution in [1.29, 1.82) is 0 Å². The van der Waals surface area contributed by atoms with E-state index in [1.54, 1.807) is 26.3 Å². The summed E-state index contributed by atoms with van der Waals surface area (Å²) in [5.74, 6) is 0.913. The molecule has 0 saturated heterocycles. The van der Waals surface area contributed by atoms with Crippen LogP contribution < -0.4 is 10.2 Å². The Morgan fingerprint density at radius 1 is 1.16 bits per heavy atom. The highest BCUT2D eigenvalue weighted by atomic mass is 16.5. The first-order chi connectivity index (χ1) is 15.2. The Balaban J connectivity index is 1.64. The molecule has 2 aromatic heterocycles. The Kier molecular flexibility index (Phi) is 5.93. The summed E-state index contributed by atoms with van der Waals surface area (Å²) in [6.07, 6.45) is 4.96. The maximum absolute atomic E-state index is 12.3. The molecule has 7 nitrogen and oxygen atoms in total. The first-order valence-electron chi connectivity index (χ1n) is 9.78. The number of carbonyl (C=O) groups is 1.